The van der Waals surface area contributed by atoms with Gasteiger partial charge in [0, 0.05) is 13.0 Å². The second-order valence-electron chi connectivity index (χ2n) is 6.81. The molecule has 0 fully saturated rings. The number of aryl methyl sites for hydroxylation is 1. The van der Waals surface area contributed by atoms with E-state index in [-0.39, 0.29) is 18.9 Å². The summed E-state index contributed by atoms with van der Waals surface area (Å²) in [6.45, 7) is 0.257. The van der Waals surface area contributed by atoms with E-state index in [1.165, 1.54) is 5.56 Å². The molecule has 0 saturated heterocycles. The number of carbonyl (C=O) groups excluding carboxylic acids is 1. The number of nitrogens with one attached hydrogen (secondary N) is 1. The van der Waals surface area contributed by atoms with Gasteiger partial charge in [0.25, 0.3) is 0 Å². The molecule has 0 bridgehead atoms. The van der Waals surface area contributed by atoms with Gasteiger partial charge >= 0.3 is 0 Å². The van der Waals surface area contributed by atoms with Crippen molar-refractivity contribution in [1.82, 2.24) is 5.32 Å². The highest BCUT2D eigenvalue weighted by molar-refractivity contribution is 5.78. The molecule has 5 nitrogen and oxygen atoms in total. The van der Waals surface area contributed by atoms with E-state index in [1.807, 2.05) is 24.3 Å². The smallest absolute Gasteiger partial charge is 0.224 e. The molecule has 1 aliphatic rings. The van der Waals surface area contributed by atoms with E-state index in [1.54, 1.807) is 26.4 Å². The first-order chi connectivity index (χ1) is 12.5. The number of amides is 1. The van der Waals surface area contributed by atoms with Crippen LogP contribution < -0.4 is 14.8 Å². The Morgan fingerprint density at radius 3 is 2.58 bits per heavy atom. The van der Waals surface area contributed by atoms with Crippen molar-refractivity contribution in [2.24, 2.45) is 0 Å². The Kier molecular flexibility index (Phi) is 5.47. The second kappa shape index (κ2) is 7.79. The maximum atomic E-state index is 12.3. The first kappa shape index (κ1) is 18.3. The standard InChI is InChI=1S/C21H25NO4/c1-25-18-8-7-15(11-19(18)26-2)12-20(23)22-14-21(24)10-9-16-5-3-4-6-17(16)13-21/h3-8,11,24H,9-10,12-14H2,1-2H3,(H,22,23). The van der Waals surface area contributed by atoms with E-state index in [0.29, 0.717) is 24.3 Å². The first-order valence-electron chi connectivity index (χ1n) is 8.80. The molecule has 1 unspecified atom stereocenters. The van der Waals surface area contributed by atoms with E-state index in [9.17, 15) is 9.90 Å². The fourth-order valence-electron chi connectivity index (χ4n) is 3.44. The summed E-state index contributed by atoms with van der Waals surface area (Å²) in [5.41, 5.74) is 2.40. The van der Waals surface area contributed by atoms with Gasteiger partial charge in [-0.15, -0.1) is 0 Å². The molecule has 2 N–H and O–H groups in total. The van der Waals surface area contributed by atoms with Gasteiger partial charge in [-0.25, -0.2) is 0 Å². The Bertz CT molecular complexity index is 789. The highest BCUT2D eigenvalue weighted by atomic mass is 16.5. The molecule has 3 rings (SSSR count). The van der Waals surface area contributed by atoms with E-state index in [2.05, 4.69) is 11.4 Å². The third-order valence-corrected chi connectivity index (χ3v) is 4.92. The fraction of sp³-hybridized carbons (Fsp3) is 0.381. The van der Waals surface area contributed by atoms with Crippen molar-refractivity contribution in [3.05, 3.63) is 59.2 Å². The highest BCUT2D eigenvalue weighted by Gasteiger charge is 2.32. The first-order valence-corrected chi connectivity index (χ1v) is 8.80. The van der Waals surface area contributed by atoms with Crippen molar-refractivity contribution in [1.29, 1.82) is 0 Å². The number of aliphatic hydroxyl groups is 1. The number of hydrogen-bond acceptors (Lipinski definition) is 4. The highest BCUT2D eigenvalue weighted by Crippen LogP contribution is 2.29. The monoisotopic (exact) mass is 355 g/mol. The van der Waals surface area contributed by atoms with Crippen molar-refractivity contribution in [2.45, 2.75) is 31.3 Å². The predicted molar refractivity (Wildman–Crippen MR) is 99.7 cm³/mol. The lowest BCUT2D eigenvalue weighted by Gasteiger charge is -2.33. The summed E-state index contributed by atoms with van der Waals surface area (Å²) < 4.78 is 10.5. The van der Waals surface area contributed by atoms with Crippen molar-refractivity contribution in [3.63, 3.8) is 0 Å². The average molecular weight is 355 g/mol. The maximum Gasteiger partial charge on any atom is 0.224 e. The Morgan fingerprint density at radius 2 is 1.85 bits per heavy atom. The Labute approximate surface area is 153 Å². The van der Waals surface area contributed by atoms with Gasteiger partial charge in [-0.05, 0) is 41.7 Å². The van der Waals surface area contributed by atoms with Gasteiger partial charge in [0.05, 0.1) is 26.2 Å². The van der Waals surface area contributed by atoms with Gasteiger partial charge < -0.3 is 19.9 Å². The minimum absolute atomic E-state index is 0.121. The summed E-state index contributed by atoms with van der Waals surface area (Å²) >= 11 is 0. The quantitative estimate of drug-likeness (QED) is 0.834. The molecule has 0 heterocycles. The van der Waals surface area contributed by atoms with Crippen LogP contribution in [0.2, 0.25) is 0 Å². The molecule has 26 heavy (non-hydrogen) atoms. The minimum atomic E-state index is -0.887. The number of methoxy groups -OCH3 is 2. The average Bonchev–Trinajstić information content (AvgIpc) is 2.66. The van der Waals surface area contributed by atoms with Crippen molar-refractivity contribution < 1.29 is 19.4 Å². The van der Waals surface area contributed by atoms with E-state index < -0.39 is 5.60 Å². The van der Waals surface area contributed by atoms with Crippen LogP contribution in [0.4, 0.5) is 0 Å². The molecule has 0 radical (unpaired) electrons. The van der Waals surface area contributed by atoms with Crippen LogP contribution in [0.1, 0.15) is 23.1 Å². The van der Waals surface area contributed by atoms with E-state index in [0.717, 1.165) is 17.5 Å². The zero-order chi connectivity index (χ0) is 18.6. The lowest BCUT2D eigenvalue weighted by molar-refractivity contribution is -0.121. The molecule has 0 aliphatic heterocycles. The summed E-state index contributed by atoms with van der Waals surface area (Å²) in [4.78, 5) is 12.3. The molecule has 1 atom stereocenters. The number of benzene rings is 2. The molecule has 2 aromatic carbocycles. The van der Waals surface area contributed by atoms with Crippen LogP contribution in [0.5, 0.6) is 11.5 Å². The number of rotatable bonds is 6. The van der Waals surface area contributed by atoms with Gasteiger partial charge in [-0.2, -0.15) is 0 Å². The van der Waals surface area contributed by atoms with Crippen LogP contribution in [0.25, 0.3) is 0 Å². The molecule has 0 spiro atoms. The summed E-state index contributed by atoms with van der Waals surface area (Å²) in [6.07, 6.45) is 2.28. The molecule has 1 amide bonds. The number of hydrogen-bond donors (Lipinski definition) is 2. The summed E-state index contributed by atoms with van der Waals surface area (Å²) in [7, 11) is 3.14. The Hall–Kier alpha value is -2.53. The molecule has 5 heteroatoms. The Morgan fingerprint density at radius 1 is 1.12 bits per heavy atom. The van der Waals surface area contributed by atoms with E-state index in [4.69, 9.17) is 9.47 Å². The number of carbonyl (C=O) groups is 1. The fourth-order valence-corrected chi connectivity index (χ4v) is 3.44. The Balaban J connectivity index is 1.58. The molecule has 2 aromatic rings. The third-order valence-electron chi connectivity index (χ3n) is 4.92. The second-order valence-corrected chi connectivity index (χ2v) is 6.81. The lowest BCUT2D eigenvalue weighted by Crippen LogP contribution is -2.47. The molecule has 0 saturated carbocycles. The van der Waals surface area contributed by atoms with Gasteiger partial charge in [0.1, 0.15) is 0 Å². The molecule has 0 aromatic heterocycles. The van der Waals surface area contributed by atoms with Crippen LogP contribution in [0, 0.1) is 0 Å². The third kappa shape index (κ3) is 4.17. The van der Waals surface area contributed by atoms with Crippen LogP contribution in [-0.4, -0.2) is 37.4 Å². The summed E-state index contributed by atoms with van der Waals surface area (Å²) in [5.74, 6) is 1.11. The summed E-state index contributed by atoms with van der Waals surface area (Å²) in [6, 6.07) is 13.6. The molecule has 1 aliphatic carbocycles. The van der Waals surface area contributed by atoms with Crippen LogP contribution in [0.3, 0.4) is 0 Å². The van der Waals surface area contributed by atoms with Crippen LogP contribution >= 0.6 is 0 Å². The number of ether oxygens (including phenoxy) is 2. The van der Waals surface area contributed by atoms with Gasteiger partial charge in [-0.3, -0.25) is 4.79 Å². The molecule has 138 valence electrons. The van der Waals surface area contributed by atoms with Gasteiger partial charge in [-0.1, -0.05) is 30.3 Å². The maximum absolute atomic E-state index is 12.3. The zero-order valence-electron chi connectivity index (χ0n) is 15.2. The molecular weight excluding hydrogens is 330 g/mol. The molecular formula is C21H25NO4. The lowest BCUT2D eigenvalue weighted by atomic mass is 9.80. The van der Waals surface area contributed by atoms with Crippen LogP contribution in [-0.2, 0) is 24.1 Å². The normalized spacial score (nSPS) is 18.7. The topological polar surface area (TPSA) is 67.8 Å². The van der Waals surface area contributed by atoms with Crippen molar-refractivity contribution in [2.75, 3.05) is 20.8 Å². The van der Waals surface area contributed by atoms with Crippen molar-refractivity contribution >= 4 is 5.91 Å². The van der Waals surface area contributed by atoms with Crippen molar-refractivity contribution in [3.8, 4) is 11.5 Å². The van der Waals surface area contributed by atoms with Crippen LogP contribution in [0.15, 0.2) is 42.5 Å². The number of fused-ring (bicyclic) bond motifs is 1. The zero-order valence-corrected chi connectivity index (χ0v) is 15.2. The van der Waals surface area contributed by atoms with Gasteiger partial charge in [0.15, 0.2) is 11.5 Å². The van der Waals surface area contributed by atoms with E-state index >= 15 is 0 Å². The minimum Gasteiger partial charge on any atom is -0.493 e. The van der Waals surface area contributed by atoms with Gasteiger partial charge in [0.2, 0.25) is 5.91 Å². The summed E-state index contributed by atoms with van der Waals surface area (Å²) in [5, 5.41) is 13.7. The SMILES string of the molecule is COc1ccc(CC(=O)NCC2(O)CCc3ccccc3C2)cc1OC. The largest absolute Gasteiger partial charge is 0.493 e. The predicted octanol–water partition coefficient (Wildman–Crippen LogP) is 2.28.